The van der Waals surface area contributed by atoms with Crippen molar-refractivity contribution in [2.24, 2.45) is 17.8 Å². The normalized spacial score (nSPS) is 31.6. The van der Waals surface area contributed by atoms with Gasteiger partial charge in [-0.2, -0.15) is 0 Å². The molecular formula is C17H26O. The van der Waals surface area contributed by atoms with E-state index in [4.69, 9.17) is 18.0 Å². The zero-order chi connectivity index (χ0) is 13.4. The van der Waals surface area contributed by atoms with Crippen molar-refractivity contribution in [2.45, 2.75) is 64.4 Å². The van der Waals surface area contributed by atoms with E-state index in [0.717, 1.165) is 43.9 Å². The van der Waals surface area contributed by atoms with Crippen molar-refractivity contribution in [3.8, 4) is 24.7 Å². The van der Waals surface area contributed by atoms with E-state index in [1.807, 2.05) is 0 Å². The van der Waals surface area contributed by atoms with Gasteiger partial charge < -0.3 is 5.11 Å². The molecule has 0 amide bonds. The van der Waals surface area contributed by atoms with Gasteiger partial charge in [0.05, 0.1) is 6.10 Å². The number of hydrogen-bond acceptors (Lipinski definition) is 1. The standard InChI is InChI=1S/C9H14.C8H12O/c1-3-4-5-6-9-7-8(9)2;1-2-3-4-5-7-6-8(7)9/h1,8-9H,4-7H2,2H3;1,7-9H,3-6H2. The average molecular weight is 246 g/mol. The lowest BCUT2D eigenvalue weighted by atomic mass is 10.1. The van der Waals surface area contributed by atoms with Gasteiger partial charge in [-0.25, -0.2) is 0 Å². The minimum atomic E-state index is 0.00257. The monoisotopic (exact) mass is 246 g/mol. The third-order valence-electron chi connectivity index (χ3n) is 3.95. The Labute approximate surface area is 112 Å². The minimum Gasteiger partial charge on any atom is -0.393 e. The van der Waals surface area contributed by atoms with E-state index in [9.17, 15) is 0 Å². The van der Waals surface area contributed by atoms with Crippen molar-refractivity contribution in [3.05, 3.63) is 0 Å². The van der Waals surface area contributed by atoms with Gasteiger partial charge in [0, 0.05) is 12.8 Å². The quantitative estimate of drug-likeness (QED) is 0.560. The lowest BCUT2D eigenvalue weighted by molar-refractivity contribution is 0.256. The summed E-state index contributed by atoms with van der Waals surface area (Å²) in [5.41, 5.74) is 0. The van der Waals surface area contributed by atoms with Gasteiger partial charge in [0.15, 0.2) is 0 Å². The summed E-state index contributed by atoms with van der Waals surface area (Å²) in [6.07, 6.45) is 19.3. The molecule has 2 fully saturated rings. The van der Waals surface area contributed by atoms with E-state index in [1.165, 1.54) is 19.3 Å². The van der Waals surface area contributed by atoms with Crippen LogP contribution in [0.15, 0.2) is 0 Å². The molecular weight excluding hydrogens is 220 g/mol. The predicted molar refractivity (Wildman–Crippen MR) is 76.8 cm³/mol. The molecule has 0 saturated heterocycles. The van der Waals surface area contributed by atoms with Crippen molar-refractivity contribution in [3.63, 3.8) is 0 Å². The second kappa shape index (κ2) is 8.23. The topological polar surface area (TPSA) is 20.2 Å². The van der Waals surface area contributed by atoms with Crippen molar-refractivity contribution in [1.82, 2.24) is 0 Å². The highest BCUT2D eigenvalue weighted by Gasteiger charge is 2.33. The number of unbranched alkanes of at least 4 members (excludes halogenated alkanes) is 2. The van der Waals surface area contributed by atoms with Crippen molar-refractivity contribution >= 4 is 0 Å². The van der Waals surface area contributed by atoms with E-state index >= 15 is 0 Å². The summed E-state index contributed by atoms with van der Waals surface area (Å²) in [6, 6.07) is 0. The van der Waals surface area contributed by atoms with E-state index < -0.39 is 0 Å². The van der Waals surface area contributed by atoms with Crippen molar-refractivity contribution < 1.29 is 5.11 Å². The Morgan fingerprint density at radius 3 is 1.78 bits per heavy atom. The van der Waals surface area contributed by atoms with Gasteiger partial charge in [-0.1, -0.05) is 6.92 Å². The lowest BCUT2D eigenvalue weighted by Gasteiger charge is -1.91. The van der Waals surface area contributed by atoms with E-state index in [-0.39, 0.29) is 6.10 Å². The third kappa shape index (κ3) is 6.73. The van der Waals surface area contributed by atoms with Crippen LogP contribution in [0.2, 0.25) is 0 Å². The number of hydrogen-bond donors (Lipinski definition) is 1. The Kier molecular flexibility index (Phi) is 6.92. The molecule has 1 heteroatoms. The summed E-state index contributed by atoms with van der Waals surface area (Å²) >= 11 is 0. The molecule has 2 aliphatic rings. The molecule has 0 aromatic heterocycles. The molecule has 0 radical (unpaired) electrons. The van der Waals surface area contributed by atoms with E-state index in [2.05, 4.69) is 18.8 Å². The van der Waals surface area contributed by atoms with Gasteiger partial charge >= 0.3 is 0 Å². The van der Waals surface area contributed by atoms with Gasteiger partial charge in [-0.15, -0.1) is 24.7 Å². The lowest BCUT2D eigenvalue weighted by Crippen LogP contribution is -1.84. The molecule has 0 aromatic rings. The second-order valence-corrected chi connectivity index (χ2v) is 5.73. The van der Waals surface area contributed by atoms with Crippen LogP contribution >= 0.6 is 0 Å². The van der Waals surface area contributed by atoms with Crippen LogP contribution in [0.25, 0.3) is 0 Å². The molecule has 0 spiro atoms. The fraction of sp³-hybridized carbons (Fsp3) is 0.765. The summed E-state index contributed by atoms with van der Waals surface area (Å²) in [6.45, 7) is 2.32. The van der Waals surface area contributed by atoms with Crippen LogP contribution in [-0.4, -0.2) is 11.2 Å². The molecule has 0 heterocycles. The van der Waals surface area contributed by atoms with Crippen LogP contribution in [0.1, 0.15) is 58.3 Å². The van der Waals surface area contributed by atoms with Crippen LogP contribution in [0.4, 0.5) is 0 Å². The SMILES string of the molecule is C#CCCCC1CC1C.C#CCCCC1CC1O. The maximum absolute atomic E-state index is 8.87. The third-order valence-corrected chi connectivity index (χ3v) is 3.95. The molecule has 2 aliphatic carbocycles. The second-order valence-electron chi connectivity index (χ2n) is 5.73. The van der Waals surface area contributed by atoms with Gasteiger partial charge in [-0.3, -0.25) is 0 Å². The maximum atomic E-state index is 8.87. The largest absolute Gasteiger partial charge is 0.393 e. The minimum absolute atomic E-state index is 0.00257. The summed E-state index contributed by atoms with van der Waals surface area (Å²) < 4.78 is 0. The Balaban J connectivity index is 0.000000180. The molecule has 1 nitrogen and oxygen atoms in total. The molecule has 2 saturated carbocycles. The zero-order valence-electron chi connectivity index (χ0n) is 11.6. The van der Waals surface area contributed by atoms with Crippen molar-refractivity contribution in [2.75, 3.05) is 0 Å². The Morgan fingerprint density at radius 1 is 1.00 bits per heavy atom. The summed E-state index contributed by atoms with van der Waals surface area (Å²) in [5.74, 6) is 7.86. The molecule has 0 bridgehead atoms. The summed E-state index contributed by atoms with van der Waals surface area (Å²) in [5, 5.41) is 8.87. The summed E-state index contributed by atoms with van der Waals surface area (Å²) in [7, 11) is 0. The van der Waals surface area contributed by atoms with Gasteiger partial charge in [0.1, 0.15) is 0 Å². The fourth-order valence-corrected chi connectivity index (χ4v) is 2.28. The smallest absolute Gasteiger partial charge is 0.0573 e. The zero-order valence-corrected chi connectivity index (χ0v) is 11.6. The summed E-state index contributed by atoms with van der Waals surface area (Å²) in [4.78, 5) is 0. The van der Waals surface area contributed by atoms with E-state index in [1.54, 1.807) is 0 Å². The van der Waals surface area contributed by atoms with Crippen LogP contribution in [0.5, 0.6) is 0 Å². The average Bonchev–Trinajstić information content (AvgIpc) is 3.23. The highest BCUT2D eigenvalue weighted by molar-refractivity contribution is 4.88. The number of aliphatic hydroxyl groups excluding tert-OH is 1. The Hall–Kier alpha value is -0.920. The van der Waals surface area contributed by atoms with E-state index in [0.29, 0.717) is 5.92 Å². The van der Waals surface area contributed by atoms with Crippen LogP contribution in [0, 0.1) is 42.4 Å². The first kappa shape index (κ1) is 15.1. The molecule has 4 atom stereocenters. The maximum Gasteiger partial charge on any atom is 0.0573 e. The number of terminal acetylenes is 2. The number of rotatable bonds is 6. The van der Waals surface area contributed by atoms with Crippen molar-refractivity contribution in [1.29, 1.82) is 0 Å². The van der Waals surface area contributed by atoms with Gasteiger partial charge in [0.2, 0.25) is 0 Å². The Morgan fingerprint density at radius 2 is 1.44 bits per heavy atom. The van der Waals surface area contributed by atoms with Gasteiger partial charge in [-0.05, 0) is 56.3 Å². The molecule has 0 aromatic carbocycles. The molecule has 2 rings (SSSR count). The van der Waals surface area contributed by atoms with Gasteiger partial charge in [0.25, 0.3) is 0 Å². The van der Waals surface area contributed by atoms with Crippen LogP contribution < -0.4 is 0 Å². The Bertz CT molecular complexity index is 275. The number of aliphatic hydroxyl groups is 1. The molecule has 0 aliphatic heterocycles. The predicted octanol–water partition coefficient (Wildman–Crippen LogP) is 3.62. The molecule has 1 N–H and O–H groups in total. The van der Waals surface area contributed by atoms with Crippen LogP contribution in [-0.2, 0) is 0 Å². The first-order valence-electron chi connectivity index (χ1n) is 7.24. The van der Waals surface area contributed by atoms with Crippen LogP contribution in [0.3, 0.4) is 0 Å². The highest BCUT2D eigenvalue weighted by Crippen LogP contribution is 2.41. The fourth-order valence-electron chi connectivity index (χ4n) is 2.28. The molecule has 100 valence electrons. The highest BCUT2D eigenvalue weighted by atomic mass is 16.3. The first-order valence-corrected chi connectivity index (χ1v) is 7.24. The molecule has 18 heavy (non-hydrogen) atoms. The molecule has 4 unspecified atom stereocenters. The first-order chi connectivity index (χ1) is 8.69.